The maximum absolute atomic E-state index is 12.0. The number of rotatable bonds is 3. The van der Waals surface area contributed by atoms with Gasteiger partial charge in [-0.2, -0.15) is 0 Å². The molecule has 7 heteroatoms. The summed E-state index contributed by atoms with van der Waals surface area (Å²) in [5, 5.41) is 8.05. The number of hydrogen-bond donors (Lipinski definition) is 0. The summed E-state index contributed by atoms with van der Waals surface area (Å²) in [6.07, 6.45) is 3.73. The maximum Gasteiger partial charge on any atom is 0.255 e. The minimum Gasteiger partial charge on any atom is -0.319 e. The third kappa shape index (κ3) is 2.03. The fourth-order valence-electron chi connectivity index (χ4n) is 1.90. The van der Waals surface area contributed by atoms with Crippen molar-refractivity contribution < 1.29 is 0 Å². The molecule has 0 aliphatic heterocycles. The average molecular weight is 266 g/mol. The Hall–Kier alpha value is -1.69. The quantitative estimate of drug-likeness (QED) is 0.775. The molecule has 1 aliphatic carbocycles. The third-order valence-electron chi connectivity index (χ3n) is 3.05. The second kappa shape index (κ2) is 4.20. The van der Waals surface area contributed by atoms with Crippen molar-refractivity contribution in [3.63, 3.8) is 0 Å². The molecule has 1 saturated carbocycles. The Morgan fingerprint density at radius 1 is 1.50 bits per heavy atom. The molecular weight excluding hydrogens is 254 g/mol. The first-order valence-electron chi connectivity index (χ1n) is 5.75. The monoisotopic (exact) mass is 265 g/mol. The highest BCUT2D eigenvalue weighted by atomic mass is 35.5. The number of hydrogen-bond acceptors (Lipinski definition) is 4. The highest BCUT2D eigenvalue weighted by Crippen LogP contribution is 2.38. The van der Waals surface area contributed by atoms with Gasteiger partial charge in [0.2, 0.25) is 0 Å². The lowest BCUT2D eigenvalue weighted by molar-refractivity contribution is 0.623. The van der Waals surface area contributed by atoms with Gasteiger partial charge in [-0.15, -0.1) is 10.2 Å². The first-order chi connectivity index (χ1) is 8.65. The predicted molar refractivity (Wildman–Crippen MR) is 65.6 cm³/mol. The van der Waals surface area contributed by atoms with Crippen molar-refractivity contribution in [1.82, 2.24) is 24.3 Å². The highest BCUT2D eigenvalue weighted by molar-refractivity contribution is 6.29. The molecule has 0 atom stereocenters. The predicted octanol–water partition coefficient (Wildman–Crippen LogP) is 0.951. The molecule has 6 nitrogen and oxygen atoms in total. The standard InChI is InChI=1S/C11H12ClN5O/c1-16-6-13-15-9(16)5-17-10(18)4-8(12)14-11(17)7-2-3-7/h4,6-7H,2-3,5H2,1H3. The van der Waals surface area contributed by atoms with E-state index in [1.54, 1.807) is 15.5 Å². The van der Waals surface area contributed by atoms with Crippen LogP contribution in [0.1, 0.15) is 30.4 Å². The van der Waals surface area contributed by atoms with E-state index in [0.717, 1.165) is 24.5 Å². The van der Waals surface area contributed by atoms with Gasteiger partial charge < -0.3 is 4.57 Å². The van der Waals surface area contributed by atoms with Crippen LogP contribution < -0.4 is 5.56 Å². The normalized spacial score (nSPS) is 15.0. The van der Waals surface area contributed by atoms with Crippen molar-refractivity contribution in [2.45, 2.75) is 25.3 Å². The fraction of sp³-hybridized carbons (Fsp3) is 0.455. The van der Waals surface area contributed by atoms with Crippen molar-refractivity contribution in [1.29, 1.82) is 0 Å². The summed E-state index contributed by atoms with van der Waals surface area (Å²) >= 11 is 5.85. The van der Waals surface area contributed by atoms with Crippen LogP contribution in [0.15, 0.2) is 17.2 Å². The molecule has 0 amide bonds. The van der Waals surface area contributed by atoms with Gasteiger partial charge in [0.05, 0.1) is 6.54 Å². The second-order valence-corrected chi connectivity index (χ2v) is 4.88. The van der Waals surface area contributed by atoms with Crippen LogP contribution in [0, 0.1) is 0 Å². The maximum atomic E-state index is 12.0. The molecule has 2 aromatic heterocycles. The Kier molecular flexibility index (Phi) is 2.66. The molecule has 3 rings (SSSR count). The number of aromatic nitrogens is 5. The Labute approximate surface area is 108 Å². The van der Waals surface area contributed by atoms with Crippen molar-refractivity contribution in [3.05, 3.63) is 39.5 Å². The van der Waals surface area contributed by atoms with E-state index in [0.29, 0.717) is 12.5 Å². The molecule has 0 spiro atoms. The fourth-order valence-corrected chi connectivity index (χ4v) is 2.08. The van der Waals surface area contributed by atoms with E-state index in [2.05, 4.69) is 15.2 Å². The SMILES string of the molecule is Cn1cnnc1Cn1c(C2CC2)nc(Cl)cc1=O. The Balaban J connectivity index is 2.05. The number of aryl methyl sites for hydroxylation is 1. The lowest BCUT2D eigenvalue weighted by atomic mass is 10.3. The number of nitrogens with zero attached hydrogens (tertiary/aromatic N) is 5. The van der Waals surface area contributed by atoms with Crippen LogP contribution in [0.25, 0.3) is 0 Å². The molecular formula is C11H12ClN5O. The molecule has 0 unspecified atom stereocenters. The lowest BCUT2D eigenvalue weighted by Crippen LogP contribution is -2.26. The molecule has 18 heavy (non-hydrogen) atoms. The first-order valence-corrected chi connectivity index (χ1v) is 6.13. The van der Waals surface area contributed by atoms with Gasteiger partial charge >= 0.3 is 0 Å². The molecule has 1 fully saturated rings. The second-order valence-electron chi connectivity index (χ2n) is 4.49. The smallest absolute Gasteiger partial charge is 0.255 e. The Bertz CT molecular complexity index is 643. The van der Waals surface area contributed by atoms with Gasteiger partial charge in [-0.1, -0.05) is 11.6 Å². The minimum atomic E-state index is -0.139. The largest absolute Gasteiger partial charge is 0.319 e. The summed E-state index contributed by atoms with van der Waals surface area (Å²) in [4.78, 5) is 16.3. The van der Waals surface area contributed by atoms with Crippen LogP contribution in [0.4, 0.5) is 0 Å². The third-order valence-corrected chi connectivity index (χ3v) is 3.25. The van der Waals surface area contributed by atoms with E-state index < -0.39 is 0 Å². The molecule has 1 aliphatic rings. The van der Waals surface area contributed by atoms with E-state index in [4.69, 9.17) is 11.6 Å². The molecule has 0 radical (unpaired) electrons. The highest BCUT2D eigenvalue weighted by Gasteiger charge is 2.29. The summed E-state index contributed by atoms with van der Waals surface area (Å²) in [5.74, 6) is 1.84. The van der Waals surface area contributed by atoms with Crippen molar-refractivity contribution in [2.24, 2.45) is 7.05 Å². The first kappa shape index (κ1) is 11.4. The van der Waals surface area contributed by atoms with Gasteiger partial charge in [0.15, 0.2) is 5.82 Å². The zero-order valence-corrected chi connectivity index (χ0v) is 10.6. The van der Waals surface area contributed by atoms with Gasteiger partial charge in [0.1, 0.15) is 17.3 Å². The Morgan fingerprint density at radius 3 is 2.89 bits per heavy atom. The molecule has 0 bridgehead atoms. The van der Waals surface area contributed by atoms with E-state index in [9.17, 15) is 4.79 Å². The Morgan fingerprint density at radius 2 is 2.28 bits per heavy atom. The van der Waals surface area contributed by atoms with E-state index in [-0.39, 0.29) is 10.7 Å². The van der Waals surface area contributed by atoms with Crippen LogP contribution in [0.5, 0.6) is 0 Å². The van der Waals surface area contributed by atoms with Gasteiger partial charge in [-0.3, -0.25) is 9.36 Å². The van der Waals surface area contributed by atoms with Gasteiger partial charge in [0, 0.05) is 19.0 Å². The lowest BCUT2D eigenvalue weighted by Gasteiger charge is -2.10. The summed E-state index contributed by atoms with van der Waals surface area (Å²) in [7, 11) is 1.85. The van der Waals surface area contributed by atoms with Crippen LogP contribution in [0.3, 0.4) is 0 Å². The minimum absolute atomic E-state index is 0.139. The molecule has 0 N–H and O–H groups in total. The zero-order chi connectivity index (χ0) is 12.7. The average Bonchev–Trinajstić information content (AvgIpc) is 3.07. The van der Waals surface area contributed by atoms with E-state index in [1.165, 1.54) is 6.07 Å². The molecule has 0 aromatic carbocycles. The van der Waals surface area contributed by atoms with Crippen molar-refractivity contribution in [2.75, 3.05) is 0 Å². The van der Waals surface area contributed by atoms with Crippen molar-refractivity contribution in [3.8, 4) is 0 Å². The van der Waals surface area contributed by atoms with Gasteiger partial charge in [-0.25, -0.2) is 4.98 Å². The van der Waals surface area contributed by atoms with Crippen LogP contribution >= 0.6 is 11.6 Å². The summed E-state index contributed by atoms with van der Waals surface area (Å²) in [6, 6.07) is 1.34. The number of halogens is 1. The molecule has 94 valence electrons. The van der Waals surface area contributed by atoms with Crippen LogP contribution in [0.2, 0.25) is 5.15 Å². The van der Waals surface area contributed by atoms with Crippen molar-refractivity contribution >= 4 is 11.6 Å². The van der Waals surface area contributed by atoms with E-state index in [1.807, 2.05) is 7.05 Å². The van der Waals surface area contributed by atoms with E-state index >= 15 is 0 Å². The van der Waals surface area contributed by atoms with Gasteiger partial charge in [-0.05, 0) is 12.8 Å². The summed E-state index contributed by atoms with van der Waals surface area (Å²) in [5.41, 5.74) is -0.139. The molecule has 2 heterocycles. The molecule has 2 aromatic rings. The molecule has 0 saturated heterocycles. The summed E-state index contributed by atoms with van der Waals surface area (Å²) in [6.45, 7) is 0.380. The summed E-state index contributed by atoms with van der Waals surface area (Å²) < 4.78 is 3.42. The van der Waals surface area contributed by atoms with Gasteiger partial charge in [0.25, 0.3) is 5.56 Å². The topological polar surface area (TPSA) is 65.6 Å². The van der Waals surface area contributed by atoms with Crippen LogP contribution in [-0.4, -0.2) is 24.3 Å². The van der Waals surface area contributed by atoms with Crippen LogP contribution in [-0.2, 0) is 13.6 Å². The zero-order valence-electron chi connectivity index (χ0n) is 9.88.